The molecular formula is C20H25N3O4. The van der Waals surface area contributed by atoms with E-state index in [2.05, 4.69) is 10.1 Å². The Kier molecular flexibility index (Phi) is 5.38. The molecule has 2 aromatic rings. The van der Waals surface area contributed by atoms with Crippen LogP contribution in [0.4, 0.5) is 0 Å². The Labute approximate surface area is 158 Å². The van der Waals surface area contributed by atoms with Gasteiger partial charge in [0.2, 0.25) is 5.89 Å². The van der Waals surface area contributed by atoms with Crippen LogP contribution in [0.15, 0.2) is 28.8 Å². The van der Waals surface area contributed by atoms with E-state index < -0.39 is 0 Å². The average Bonchev–Trinajstić information content (AvgIpc) is 3.37. The summed E-state index contributed by atoms with van der Waals surface area (Å²) in [5.41, 5.74) is 1.16. The maximum absolute atomic E-state index is 12.7. The van der Waals surface area contributed by atoms with Crippen molar-refractivity contribution in [2.75, 3.05) is 26.4 Å². The van der Waals surface area contributed by atoms with Crippen molar-refractivity contribution in [2.45, 2.75) is 44.6 Å². The molecule has 1 amide bonds. The van der Waals surface area contributed by atoms with Crippen molar-refractivity contribution in [1.29, 1.82) is 0 Å². The number of benzene rings is 1. The van der Waals surface area contributed by atoms with Gasteiger partial charge in [0.25, 0.3) is 5.91 Å². The number of hydrogen-bond acceptors (Lipinski definition) is 6. The van der Waals surface area contributed by atoms with Crippen LogP contribution in [0.25, 0.3) is 0 Å². The first-order chi connectivity index (χ1) is 13.2. The molecule has 3 heterocycles. The summed E-state index contributed by atoms with van der Waals surface area (Å²) in [5, 5.41) is 4.17. The summed E-state index contributed by atoms with van der Waals surface area (Å²) in [6.45, 7) is 4.19. The summed E-state index contributed by atoms with van der Waals surface area (Å²) in [7, 11) is 0. The number of aryl methyl sites for hydroxylation is 1. The van der Waals surface area contributed by atoms with Crippen molar-refractivity contribution in [3.63, 3.8) is 0 Å². The fourth-order valence-corrected chi connectivity index (χ4v) is 3.69. The van der Waals surface area contributed by atoms with Gasteiger partial charge in [-0.2, -0.15) is 4.98 Å². The predicted octanol–water partition coefficient (Wildman–Crippen LogP) is 3.01. The van der Waals surface area contributed by atoms with E-state index in [1.54, 1.807) is 4.90 Å². The second-order valence-corrected chi connectivity index (χ2v) is 7.22. The van der Waals surface area contributed by atoms with E-state index in [0.717, 1.165) is 50.3 Å². The lowest BCUT2D eigenvalue weighted by Gasteiger charge is -2.22. The number of carbonyl (C=O) groups is 1. The van der Waals surface area contributed by atoms with Crippen LogP contribution in [0, 0.1) is 6.92 Å². The van der Waals surface area contributed by atoms with Gasteiger partial charge in [0.1, 0.15) is 11.8 Å². The molecule has 1 unspecified atom stereocenters. The van der Waals surface area contributed by atoms with Gasteiger partial charge in [0.05, 0.1) is 0 Å². The summed E-state index contributed by atoms with van der Waals surface area (Å²) < 4.78 is 16.6. The maximum Gasteiger partial charge on any atom is 0.261 e. The molecule has 0 saturated carbocycles. The highest BCUT2D eigenvalue weighted by Crippen LogP contribution is 2.33. The molecule has 7 nitrogen and oxygen atoms in total. The minimum absolute atomic E-state index is 0.0144. The van der Waals surface area contributed by atoms with Crippen molar-refractivity contribution in [3.05, 3.63) is 41.5 Å². The van der Waals surface area contributed by atoms with E-state index in [1.807, 2.05) is 31.2 Å². The Bertz CT molecular complexity index is 768. The van der Waals surface area contributed by atoms with Gasteiger partial charge in [-0.25, -0.2) is 0 Å². The molecule has 7 heteroatoms. The van der Waals surface area contributed by atoms with Crippen LogP contribution in [-0.2, 0) is 9.53 Å². The minimum atomic E-state index is -0.153. The quantitative estimate of drug-likeness (QED) is 0.804. The zero-order chi connectivity index (χ0) is 18.6. The molecule has 2 fully saturated rings. The van der Waals surface area contributed by atoms with Crippen LogP contribution in [-0.4, -0.2) is 47.3 Å². The second-order valence-electron chi connectivity index (χ2n) is 7.22. The number of carbonyl (C=O) groups excluding carboxylic acids is 1. The lowest BCUT2D eigenvalue weighted by Crippen LogP contribution is -2.34. The summed E-state index contributed by atoms with van der Waals surface area (Å²) in [5.74, 6) is 2.21. The van der Waals surface area contributed by atoms with Crippen LogP contribution < -0.4 is 4.74 Å². The first-order valence-electron chi connectivity index (χ1n) is 9.61. The van der Waals surface area contributed by atoms with Gasteiger partial charge in [-0.3, -0.25) is 4.79 Å². The average molecular weight is 371 g/mol. The molecule has 2 aliphatic rings. The number of aromatic nitrogens is 2. The van der Waals surface area contributed by atoms with E-state index >= 15 is 0 Å². The normalized spacial score (nSPS) is 20.8. The first kappa shape index (κ1) is 18.0. The fourth-order valence-electron chi connectivity index (χ4n) is 3.69. The third-order valence-electron chi connectivity index (χ3n) is 5.29. The largest absolute Gasteiger partial charge is 0.484 e. The molecule has 144 valence electrons. The van der Waals surface area contributed by atoms with E-state index in [4.69, 9.17) is 14.0 Å². The summed E-state index contributed by atoms with van der Waals surface area (Å²) >= 11 is 0. The van der Waals surface area contributed by atoms with Crippen molar-refractivity contribution in [1.82, 2.24) is 15.0 Å². The highest BCUT2D eigenvalue weighted by Gasteiger charge is 2.35. The van der Waals surface area contributed by atoms with E-state index in [0.29, 0.717) is 18.2 Å². The fraction of sp³-hybridized carbons (Fsp3) is 0.550. The van der Waals surface area contributed by atoms with E-state index in [1.165, 1.54) is 0 Å². The van der Waals surface area contributed by atoms with E-state index in [9.17, 15) is 4.79 Å². The van der Waals surface area contributed by atoms with Gasteiger partial charge in [-0.15, -0.1) is 0 Å². The topological polar surface area (TPSA) is 77.7 Å². The highest BCUT2D eigenvalue weighted by molar-refractivity contribution is 5.78. The SMILES string of the molecule is Cc1ccc(OCC(=O)N2CCCC2c2nc(C3CCOCC3)no2)cc1. The molecule has 0 N–H and O–H groups in total. The van der Waals surface area contributed by atoms with Gasteiger partial charge in [-0.05, 0) is 44.7 Å². The van der Waals surface area contributed by atoms with Crippen molar-refractivity contribution < 1.29 is 18.8 Å². The standard InChI is InChI=1S/C20H25N3O4/c1-14-4-6-16(7-5-14)26-13-18(24)23-10-2-3-17(23)20-21-19(22-27-20)15-8-11-25-12-9-15/h4-7,15,17H,2-3,8-13H2,1H3. The van der Waals surface area contributed by atoms with Crippen LogP contribution >= 0.6 is 0 Å². The van der Waals surface area contributed by atoms with E-state index in [-0.39, 0.29) is 24.5 Å². The molecule has 2 aliphatic heterocycles. The third-order valence-corrected chi connectivity index (χ3v) is 5.29. The Morgan fingerprint density at radius 2 is 2.00 bits per heavy atom. The van der Waals surface area contributed by atoms with Gasteiger partial charge in [-0.1, -0.05) is 22.9 Å². The molecule has 1 atom stereocenters. The number of hydrogen-bond donors (Lipinski definition) is 0. The van der Waals surface area contributed by atoms with Crippen molar-refractivity contribution in [3.8, 4) is 5.75 Å². The van der Waals surface area contributed by atoms with Crippen molar-refractivity contribution in [2.24, 2.45) is 0 Å². The van der Waals surface area contributed by atoms with Crippen LogP contribution in [0.2, 0.25) is 0 Å². The monoisotopic (exact) mass is 371 g/mol. The van der Waals surface area contributed by atoms with Gasteiger partial charge < -0.3 is 18.9 Å². The number of ether oxygens (including phenoxy) is 2. The minimum Gasteiger partial charge on any atom is -0.484 e. The zero-order valence-corrected chi connectivity index (χ0v) is 15.6. The third kappa shape index (κ3) is 4.13. The molecule has 1 aromatic heterocycles. The molecule has 0 aliphatic carbocycles. The lowest BCUT2D eigenvalue weighted by molar-refractivity contribution is -0.134. The Hall–Kier alpha value is -2.41. The highest BCUT2D eigenvalue weighted by atomic mass is 16.5. The van der Waals surface area contributed by atoms with Crippen molar-refractivity contribution >= 4 is 5.91 Å². The molecule has 27 heavy (non-hydrogen) atoms. The number of amides is 1. The smallest absolute Gasteiger partial charge is 0.261 e. The van der Waals surface area contributed by atoms with Gasteiger partial charge >= 0.3 is 0 Å². The van der Waals surface area contributed by atoms with Gasteiger partial charge in [0.15, 0.2) is 12.4 Å². The molecule has 1 aromatic carbocycles. The lowest BCUT2D eigenvalue weighted by atomic mass is 10.00. The van der Waals surface area contributed by atoms with Crippen LogP contribution in [0.1, 0.15) is 54.9 Å². The summed E-state index contributed by atoms with van der Waals surface area (Å²) in [6, 6.07) is 7.54. The molecular weight excluding hydrogens is 346 g/mol. The maximum atomic E-state index is 12.7. The van der Waals surface area contributed by atoms with Crippen LogP contribution in [0.3, 0.4) is 0 Å². The molecule has 0 spiro atoms. The molecule has 0 bridgehead atoms. The number of likely N-dealkylation sites (tertiary alicyclic amines) is 1. The number of nitrogens with zero attached hydrogens (tertiary/aromatic N) is 3. The Balaban J connectivity index is 1.38. The summed E-state index contributed by atoms with van der Waals surface area (Å²) in [6.07, 6.45) is 3.59. The van der Waals surface area contributed by atoms with Gasteiger partial charge in [0, 0.05) is 25.7 Å². The molecule has 4 rings (SSSR count). The Morgan fingerprint density at radius 1 is 1.22 bits per heavy atom. The predicted molar refractivity (Wildman–Crippen MR) is 97.5 cm³/mol. The second kappa shape index (κ2) is 8.08. The summed E-state index contributed by atoms with van der Waals surface area (Å²) in [4.78, 5) is 19.1. The zero-order valence-electron chi connectivity index (χ0n) is 15.6. The molecule has 2 saturated heterocycles. The first-order valence-corrected chi connectivity index (χ1v) is 9.61. The number of rotatable bonds is 5. The molecule has 0 radical (unpaired) electrons. The van der Waals surface area contributed by atoms with Crippen LogP contribution in [0.5, 0.6) is 5.75 Å². The Morgan fingerprint density at radius 3 is 2.78 bits per heavy atom.